The van der Waals surface area contributed by atoms with Crippen LogP contribution in [-0.2, 0) is 0 Å². The lowest BCUT2D eigenvalue weighted by atomic mass is 10.1. The zero-order valence-corrected chi connectivity index (χ0v) is 10.5. The van der Waals surface area contributed by atoms with Gasteiger partial charge in [0.1, 0.15) is 0 Å². The second kappa shape index (κ2) is 7.69. The molecule has 2 heteroatoms. The molecule has 1 nitrogen and oxygen atoms in total. The molecule has 0 heterocycles. The summed E-state index contributed by atoms with van der Waals surface area (Å²) in [5, 5.41) is 0. The molecule has 0 aromatic heterocycles. The summed E-state index contributed by atoms with van der Waals surface area (Å²) in [6, 6.07) is 0. The topological polar surface area (TPSA) is 3.24 Å². The van der Waals surface area contributed by atoms with Crippen molar-refractivity contribution in [2.45, 2.75) is 33.6 Å². The van der Waals surface area contributed by atoms with E-state index in [1.165, 1.54) is 25.9 Å². The maximum absolute atomic E-state index is 4.35. The minimum absolute atomic E-state index is 0.764. The Kier molecular flexibility index (Phi) is 7.87. The van der Waals surface area contributed by atoms with Crippen LogP contribution in [0.2, 0.25) is 0 Å². The van der Waals surface area contributed by atoms with Gasteiger partial charge in [-0.25, -0.2) is 0 Å². The average molecular weight is 203 g/mol. The summed E-state index contributed by atoms with van der Waals surface area (Å²) in [5.41, 5.74) is 0. The van der Waals surface area contributed by atoms with Gasteiger partial charge in [0, 0.05) is 6.54 Å². The Balaban J connectivity index is 3.53. The van der Waals surface area contributed by atoms with E-state index in [0.717, 1.165) is 17.6 Å². The molecule has 0 fully saturated rings. The Morgan fingerprint density at radius 2 is 1.92 bits per heavy atom. The average Bonchev–Trinajstić information content (AvgIpc) is 2.10. The van der Waals surface area contributed by atoms with Gasteiger partial charge < -0.3 is 4.90 Å². The summed E-state index contributed by atoms with van der Waals surface area (Å²) >= 11 is 4.35. The summed E-state index contributed by atoms with van der Waals surface area (Å²) in [4.78, 5) is 2.43. The predicted molar refractivity (Wildman–Crippen MR) is 64.6 cm³/mol. The Hall–Kier alpha value is 0.310. The van der Waals surface area contributed by atoms with Crippen molar-refractivity contribution in [2.75, 3.05) is 25.9 Å². The lowest BCUT2D eigenvalue weighted by molar-refractivity contribution is 0.269. The minimum Gasteiger partial charge on any atom is -0.306 e. The Morgan fingerprint density at radius 3 is 2.31 bits per heavy atom. The van der Waals surface area contributed by atoms with Crippen molar-refractivity contribution in [2.24, 2.45) is 11.8 Å². The molecule has 80 valence electrons. The van der Waals surface area contributed by atoms with Crippen LogP contribution >= 0.6 is 12.6 Å². The van der Waals surface area contributed by atoms with E-state index in [1.807, 2.05) is 0 Å². The summed E-state index contributed by atoms with van der Waals surface area (Å²) in [6.07, 6.45) is 2.55. The Labute approximate surface area is 89.3 Å². The van der Waals surface area contributed by atoms with Crippen LogP contribution in [0.15, 0.2) is 0 Å². The van der Waals surface area contributed by atoms with Crippen LogP contribution in [-0.4, -0.2) is 30.8 Å². The van der Waals surface area contributed by atoms with E-state index in [-0.39, 0.29) is 0 Å². The summed E-state index contributed by atoms with van der Waals surface area (Å²) in [6.45, 7) is 9.24. The molecule has 0 saturated heterocycles. The van der Waals surface area contributed by atoms with Crippen LogP contribution in [0.5, 0.6) is 0 Å². The summed E-state index contributed by atoms with van der Waals surface area (Å²) in [7, 11) is 2.22. The van der Waals surface area contributed by atoms with E-state index in [4.69, 9.17) is 0 Å². The number of hydrogen-bond acceptors (Lipinski definition) is 2. The molecule has 0 amide bonds. The minimum atomic E-state index is 0.764. The van der Waals surface area contributed by atoms with Crippen molar-refractivity contribution < 1.29 is 0 Å². The van der Waals surface area contributed by atoms with Gasteiger partial charge in [0.25, 0.3) is 0 Å². The zero-order valence-electron chi connectivity index (χ0n) is 9.58. The van der Waals surface area contributed by atoms with E-state index < -0.39 is 0 Å². The normalized spacial score (nSPS) is 14.1. The number of nitrogens with zero attached hydrogens (tertiary/aromatic N) is 1. The van der Waals surface area contributed by atoms with Crippen molar-refractivity contribution in [3.63, 3.8) is 0 Å². The first-order chi connectivity index (χ1) is 6.10. The van der Waals surface area contributed by atoms with E-state index in [9.17, 15) is 0 Å². The SMILES string of the molecule is CCC(CS)CN(C)CCC(C)C. The van der Waals surface area contributed by atoms with Gasteiger partial charge in [-0.05, 0) is 37.6 Å². The fraction of sp³-hybridized carbons (Fsp3) is 1.00. The Bertz CT molecular complexity index is 111. The van der Waals surface area contributed by atoms with E-state index in [2.05, 4.69) is 45.3 Å². The largest absolute Gasteiger partial charge is 0.306 e. The third-order valence-electron chi connectivity index (χ3n) is 2.49. The third kappa shape index (κ3) is 7.39. The molecule has 0 radical (unpaired) electrons. The second-order valence-corrected chi connectivity index (χ2v) is 4.77. The molecule has 0 aliphatic heterocycles. The van der Waals surface area contributed by atoms with Crippen molar-refractivity contribution in [3.05, 3.63) is 0 Å². The highest BCUT2D eigenvalue weighted by Crippen LogP contribution is 2.08. The number of rotatable bonds is 7. The van der Waals surface area contributed by atoms with E-state index >= 15 is 0 Å². The number of thiol groups is 1. The smallest absolute Gasteiger partial charge is 0.00143 e. The first-order valence-corrected chi connectivity index (χ1v) is 6.02. The molecule has 0 rings (SSSR count). The molecule has 1 atom stereocenters. The predicted octanol–water partition coefficient (Wildman–Crippen LogP) is 2.92. The van der Waals surface area contributed by atoms with Gasteiger partial charge in [-0.2, -0.15) is 12.6 Å². The quantitative estimate of drug-likeness (QED) is 0.623. The lowest BCUT2D eigenvalue weighted by Gasteiger charge is -2.22. The van der Waals surface area contributed by atoms with Crippen molar-refractivity contribution in [1.82, 2.24) is 4.90 Å². The van der Waals surface area contributed by atoms with Crippen LogP contribution in [0, 0.1) is 11.8 Å². The molecular formula is C11H25NS. The van der Waals surface area contributed by atoms with Crippen molar-refractivity contribution in [3.8, 4) is 0 Å². The summed E-state index contributed by atoms with van der Waals surface area (Å²) < 4.78 is 0. The molecule has 0 aliphatic rings. The second-order valence-electron chi connectivity index (χ2n) is 4.40. The molecule has 0 saturated carbocycles. The molecule has 0 spiro atoms. The van der Waals surface area contributed by atoms with Gasteiger partial charge in [0.05, 0.1) is 0 Å². The van der Waals surface area contributed by atoms with Crippen LogP contribution in [0.25, 0.3) is 0 Å². The fourth-order valence-electron chi connectivity index (χ4n) is 1.33. The standard InChI is InChI=1S/C11H25NS/c1-5-11(9-13)8-12(4)7-6-10(2)3/h10-11,13H,5-9H2,1-4H3. The number of hydrogen-bond donors (Lipinski definition) is 1. The van der Waals surface area contributed by atoms with Crippen molar-refractivity contribution >= 4 is 12.6 Å². The lowest BCUT2D eigenvalue weighted by Crippen LogP contribution is -2.28. The van der Waals surface area contributed by atoms with Gasteiger partial charge >= 0.3 is 0 Å². The highest BCUT2D eigenvalue weighted by atomic mass is 32.1. The van der Waals surface area contributed by atoms with Gasteiger partial charge in [-0.15, -0.1) is 0 Å². The van der Waals surface area contributed by atoms with Crippen molar-refractivity contribution in [1.29, 1.82) is 0 Å². The molecule has 0 N–H and O–H groups in total. The summed E-state index contributed by atoms with van der Waals surface area (Å²) in [5.74, 6) is 2.60. The van der Waals surface area contributed by atoms with Gasteiger partial charge in [0.2, 0.25) is 0 Å². The van der Waals surface area contributed by atoms with Gasteiger partial charge in [-0.1, -0.05) is 27.2 Å². The van der Waals surface area contributed by atoms with Crippen LogP contribution in [0.3, 0.4) is 0 Å². The zero-order chi connectivity index (χ0) is 10.3. The highest BCUT2D eigenvalue weighted by molar-refractivity contribution is 7.80. The molecule has 0 aromatic carbocycles. The van der Waals surface area contributed by atoms with Gasteiger partial charge in [-0.3, -0.25) is 0 Å². The monoisotopic (exact) mass is 203 g/mol. The van der Waals surface area contributed by atoms with Crippen LogP contribution in [0.1, 0.15) is 33.6 Å². The van der Waals surface area contributed by atoms with Crippen LogP contribution in [0.4, 0.5) is 0 Å². The Morgan fingerprint density at radius 1 is 1.31 bits per heavy atom. The molecule has 13 heavy (non-hydrogen) atoms. The van der Waals surface area contributed by atoms with Crippen LogP contribution < -0.4 is 0 Å². The van der Waals surface area contributed by atoms with E-state index in [0.29, 0.717) is 0 Å². The van der Waals surface area contributed by atoms with E-state index in [1.54, 1.807) is 0 Å². The molecular weight excluding hydrogens is 178 g/mol. The van der Waals surface area contributed by atoms with Gasteiger partial charge in [0.15, 0.2) is 0 Å². The molecule has 0 aliphatic carbocycles. The fourth-order valence-corrected chi connectivity index (χ4v) is 1.70. The third-order valence-corrected chi connectivity index (χ3v) is 3.01. The maximum atomic E-state index is 4.35. The molecule has 0 aromatic rings. The molecule has 1 unspecified atom stereocenters. The molecule has 0 bridgehead atoms. The first-order valence-electron chi connectivity index (χ1n) is 5.39. The maximum Gasteiger partial charge on any atom is 0.00143 e. The first kappa shape index (κ1) is 13.3. The highest BCUT2D eigenvalue weighted by Gasteiger charge is 2.07.